The molecule has 2 heterocycles. The summed E-state index contributed by atoms with van der Waals surface area (Å²) >= 11 is 0. The Hall–Kier alpha value is -2.13. The number of carbonyl (C=O) groups excluding carboxylic acids is 1. The van der Waals surface area contributed by atoms with Crippen LogP contribution in [0.5, 0.6) is 0 Å². The molecule has 3 heteroatoms. The average Bonchev–Trinajstić information content (AvgIpc) is 3.24. The number of benzene rings is 2. The monoisotopic (exact) mass is 292 g/mol. The van der Waals surface area contributed by atoms with Gasteiger partial charge in [-0.25, -0.2) is 0 Å². The molecule has 0 spiro atoms. The first-order valence-corrected chi connectivity index (χ1v) is 8.03. The Balaban J connectivity index is 1.67. The minimum atomic E-state index is 0.145. The summed E-state index contributed by atoms with van der Waals surface area (Å²) in [7, 11) is 0. The van der Waals surface area contributed by atoms with Crippen LogP contribution in [0, 0.1) is 5.92 Å². The van der Waals surface area contributed by atoms with E-state index in [0.717, 1.165) is 38.2 Å². The summed E-state index contributed by atoms with van der Waals surface area (Å²) in [5.41, 5.74) is 4.79. The third-order valence-corrected chi connectivity index (χ3v) is 4.76. The zero-order valence-corrected chi connectivity index (χ0v) is 12.6. The van der Waals surface area contributed by atoms with Crippen LogP contribution in [0.25, 0.3) is 11.1 Å². The van der Waals surface area contributed by atoms with Crippen molar-refractivity contribution in [3.8, 4) is 11.1 Å². The summed E-state index contributed by atoms with van der Waals surface area (Å²) in [5, 5.41) is 3.29. The van der Waals surface area contributed by atoms with Crippen LogP contribution in [0.4, 0.5) is 5.69 Å². The lowest BCUT2D eigenvalue weighted by Gasteiger charge is -2.21. The van der Waals surface area contributed by atoms with Crippen molar-refractivity contribution >= 4 is 11.6 Å². The maximum atomic E-state index is 12.7. The largest absolute Gasteiger partial charge is 0.316 e. The van der Waals surface area contributed by atoms with Crippen molar-refractivity contribution in [1.29, 1.82) is 0 Å². The quantitative estimate of drug-likeness (QED) is 0.923. The molecule has 0 bridgehead atoms. The number of nitrogens with one attached hydrogen (secondary N) is 1. The summed E-state index contributed by atoms with van der Waals surface area (Å²) < 4.78 is 0. The third-order valence-electron chi connectivity index (χ3n) is 4.76. The van der Waals surface area contributed by atoms with Crippen LogP contribution in [0.15, 0.2) is 48.5 Å². The molecule has 2 aromatic carbocycles. The molecular formula is C19H20N2O. The lowest BCUT2D eigenvalue weighted by molar-refractivity contribution is -0.121. The number of amides is 1. The molecule has 1 amide bonds. The number of anilines is 1. The van der Waals surface area contributed by atoms with Gasteiger partial charge in [-0.1, -0.05) is 42.5 Å². The van der Waals surface area contributed by atoms with Crippen LogP contribution in [-0.4, -0.2) is 25.5 Å². The molecule has 1 saturated heterocycles. The molecule has 1 N–H and O–H groups in total. The second-order valence-electron chi connectivity index (χ2n) is 6.14. The van der Waals surface area contributed by atoms with Gasteiger partial charge in [-0.15, -0.1) is 0 Å². The molecule has 2 aliphatic heterocycles. The van der Waals surface area contributed by atoms with Crippen molar-refractivity contribution in [2.45, 2.75) is 12.8 Å². The minimum absolute atomic E-state index is 0.145. The van der Waals surface area contributed by atoms with E-state index in [4.69, 9.17) is 0 Å². The van der Waals surface area contributed by atoms with Gasteiger partial charge >= 0.3 is 0 Å². The first-order valence-electron chi connectivity index (χ1n) is 8.03. The summed E-state index contributed by atoms with van der Waals surface area (Å²) in [6.07, 6.45) is 1.93. The van der Waals surface area contributed by atoms with Crippen molar-refractivity contribution in [2.75, 3.05) is 24.5 Å². The first kappa shape index (κ1) is 13.5. The first-order chi connectivity index (χ1) is 10.8. The van der Waals surface area contributed by atoms with Gasteiger partial charge < -0.3 is 10.2 Å². The molecule has 1 unspecified atom stereocenters. The van der Waals surface area contributed by atoms with Crippen LogP contribution in [0.2, 0.25) is 0 Å². The number of hydrogen-bond donors (Lipinski definition) is 1. The highest BCUT2D eigenvalue weighted by Crippen LogP contribution is 2.34. The Morgan fingerprint density at radius 2 is 1.95 bits per heavy atom. The third kappa shape index (κ3) is 2.32. The van der Waals surface area contributed by atoms with Gasteiger partial charge in [-0.05, 0) is 42.1 Å². The average molecular weight is 292 g/mol. The van der Waals surface area contributed by atoms with E-state index in [1.165, 1.54) is 16.7 Å². The van der Waals surface area contributed by atoms with Crippen molar-refractivity contribution in [1.82, 2.24) is 5.32 Å². The molecule has 2 aliphatic rings. The summed E-state index contributed by atoms with van der Waals surface area (Å²) in [5.74, 6) is 0.431. The number of carbonyl (C=O) groups is 1. The normalized spacial score (nSPS) is 20.2. The highest BCUT2D eigenvalue weighted by Gasteiger charge is 2.31. The summed E-state index contributed by atoms with van der Waals surface area (Å²) in [6.45, 7) is 2.60. The van der Waals surface area contributed by atoms with Crippen LogP contribution in [0.1, 0.15) is 12.0 Å². The zero-order chi connectivity index (χ0) is 14.9. The predicted molar refractivity (Wildman–Crippen MR) is 88.9 cm³/mol. The van der Waals surface area contributed by atoms with Gasteiger partial charge in [0.25, 0.3) is 0 Å². The van der Waals surface area contributed by atoms with E-state index >= 15 is 0 Å². The maximum Gasteiger partial charge on any atom is 0.231 e. The molecule has 4 rings (SSSR count). The van der Waals surface area contributed by atoms with E-state index in [-0.39, 0.29) is 11.8 Å². The van der Waals surface area contributed by atoms with Gasteiger partial charge in [0.1, 0.15) is 0 Å². The van der Waals surface area contributed by atoms with E-state index in [9.17, 15) is 4.79 Å². The fourth-order valence-electron chi connectivity index (χ4n) is 3.50. The molecule has 0 saturated carbocycles. The molecule has 22 heavy (non-hydrogen) atoms. The summed E-state index contributed by atoms with van der Waals surface area (Å²) in [4.78, 5) is 14.7. The van der Waals surface area contributed by atoms with Crippen molar-refractivity contribution in [2.24, 2.45) is 5.92 Å². The highest BCUT2D eigenvalue weighted by atomic mass is 16.2. The van der Waals surface area contributed by atoms with Crippen LogP contribution < -0.4 is 10.2 Å². The standard InChI is InChI=1S/C19H20N2O/c22-19(17-8-10-20-13-17)21-11-9-15-6-7-16(12-18(15)21)14-4-2-1-3-5-14/h1-7,12,17,20H,8-11,13H2. The maximum absolute atomic E-state index is 12.7. The summed E-state index contributed by atoms with van der Waals surface area (Å²) in [6, 6.07) is 16.9. The van der Waals surface area contributed by atoms with E-state index in [0.29, 0.717) is 0 Å². The SMILES string of the molecule is O=C(C1CCNC1)N1CCc2ccc(-c3ccccc3)cc21. The Morgan fingerprint density at radius 3 is 2.73 bits per heavy atom. The number of hydrogen-bond acceptors (Lipinski definition) is 2. The molecule has 1 atom stereocenters. The Labute approximate surface area is 131 Å². The van der Waals surface area contributed by atoms with E-state index < -0.39 is 0 Å². The number of rotatable bonds is 2. The minimum Gasteiger partial charge on any atom is -0.316 e. The second-order valence-corrected chi connectivity index (χ2v) is 6.14. The number of fused-ring (bicyclic) bond motifs is 1. The van der Waals surface area contributed by atoms with Gasteiger partial charge in [0, 0.05) is 18.8 Å². The van der Waals surface area contributed by atoms with Gasteiger partial charge in [0.2, 0.25) is 5.91 Å². The fourth-order valence-corrected chi connectivity index (χ4v) is 3.50. The Bertz CT molecular complexity index is 690. The molecular weight excluding hydrogens is 272 g/mol. The molecule has 0 aliphatic carbocycles. The zero-order valence-electron chi connectivity index (χ0n) is 12.6. The smallest absolute Gasteiger partial charge is 0.231 e. The van der Waals surface area contributed by atoms with Crippen molar-refractivity contribution in [3.63, 3.8) is 0 Å². The van der Waals surface area contributed by atoms with Crippen molar-refractivity contribution in [3.05, 3.63) is 54.1 Å². The molecule has 0 radical (unpaired) electrons. The van der Waals surface area contributed by atoms with E-state index in [1.54, 1.807) is 0 Å². The predicted octanol–water partition coefficient (Wildman–Crippen LogP) is 2.85. The highest BCUT2D eigenvalue weighted by molar-refractivity contribution is 5.98. The Morgan fingerprint density at radius 1 is 1.09 bits per heavy atom. The second kappa shape index (κ2) is 5.58. The van der Waals surface area contributed by atoms with E-state index in [2.05, 4.69) is 47.8 Å². The van der Waals surface area contributed by atoms with Crippen LogP contribution >= 0.6 is 0 Å². The van der Waals surface area contributed by atoms with Crippen molar-refractivity contribution < 1.29 is 4.79 Å². The topological polar surface area (TPSA) is 32.3 Å². The van der Waals surface area contributed by atoms with Crippen LogP contribution in [0.3, 0.4) is 0 Å². The number of nitrogens with zero attached hydrogens (tertiary/aromatic N) is 1. The van der Waals surface area contributed by atoms with Gasteiger partial charge in [0.05, 0.1) is 5.92 Å². The molecule has 3 nitrogen and oxygen atoms in total. The molecule has 112 valence electrons. The van der Waals surface area contributed by atoms with Crippen LogP contribution in [-0.2, 0) is 11.2 Å². The van der Waals surface area contributed by atoms with E-state index in [1.807, 2.05) is 11.0 Å². The lowest BCUT2D eigenvalue weighted by atomic mass is 10.0. The van der Waals surface area contributed by atoms with Gasteiger partial charge in [-0.3, -0.25) is 4.79 Å². The van der Waals surface area contributed by atoms with Gasteiger partial charge in [-0.2, -0.15) is 0 Å². The molecule has 1 fully saturated rings. The fraction of sp³-hybridized carbons (Fsp3) is 0.316. The Kier molecular flexibility index (Phi) is 3.43. The van der Waals surface area contributed by atoms with Gasteiger partial charge in [0.15, 0.2) is 0 Å². The molecule has 0 aromatic heterocycles. The lowest BCUT2D eigenvalue weighted by Crippen LogP contribution is -2.35. The molecule has 2 aromatic rings.